The van der Waals surface area contributed by atoms with Crippen molar-refractivity contribution in [3.8, 4) is 5.75 Å². The molecule has 1 atom stereocenters. The van der Waals surface area contributed by atoms with Gasteiger partial charge in [-0.05, 0) is 54.8 Å². The quantitative estimate of drug-likeness (QED) is 0.628. The van der Waals surface area contributed by atoms with Gasteiger partial charge in [0, 0.05) is 17.0 Å². The third kappa shape index (κ3) is 4.33. The molecule has 2 amide bonds. The van der Waals surface area contributed by atoms with E-state index in [2.05, 4.69) is 15.6 Å². The highest BCUT2D eigenvalue weighted by molar-refractivity contribution is 7.16. The summed E-state index contributed by atoms with van der Waals surface area (Å²) < 4.78 is 18.2. The Balaban J connectivity index is 1.38. The second kappa shape index (κ2) is 8.62. The summed E-state index contributed by atoms with van der Waals surface area (Å²) in [6.45, 7) is 0.424. The van der Waals surface area contributed by atoms with Crippen molar-refractivity contribution in [3.63, 3.8) is 0 Å². The number of hydrogen-bond donors (Lipinski definition) is 2. The predicted octanol–water partition coefficient (Wildman–Crippen LogP) is 3.89. The Labute approximate surface area is 177 Å². The summed E-state index contributed by atoms with van der Waals surface area (Å²) in [5.74, 6) is -0.397. The lowest BCUT2D eigenvalue weighted by Gasteiger charge is -2.11. The van der Waals surface area contributed by atoms with Gasteiger partial charge in [-0.15, -0.1) is 11.3 Å². The van der Waals surface area contributed by atoms with E-state index in [4.69, 9.17) is 4.74 Å². The Kier molecular flexibility index (Phi) is 5.76. The van der Waals surface area contributed by atoms with Crippen molar-refractivity contribution in [2.45, 2.75) is 25.3 Å². The van der Waals surface area contributed by atoms with Gasteiger partial charge in [0.25, 0.3) is 5.91 Å². The number of ether oxygens (including phenoxy) is 1. The molecule has 0 saturated carbocycles. The van der Waals surface area contributed by atoms with Crippen molar-refractivity contribution in [3.05, 3.63) is 76.0 Å². The zero-order valence-corrected chi connectivity index (χ0v) is 17.1. The normalized spacial score (nSPS) is 14.8. The molecule has 1 heterocycles. The van der Waals surface area contributed by atoms with Gasteiger partial charge in [0.05, 0.1) is 18.7 Å². The van der Waals surface area contributed by atoms with Gasteiger partial charge >= 0.3 is 0 Å². The maximum Gasteiger partial charge on any atom is 0.257 e. The number of benzene rings is 2. The van der Waals surface area contributed by atoms with Crippen molar-refractivity contribution in [2.75, 3.05) is 12.4 Å². The van der Waals surface area contributed by atoms with E-state index in [1.807, 2.05) is 24.3 Å². The van der Waals surface area contributed by atoms with Crippen LogP contribution in [0.4, 0.5) is 9.52 Å². The molecular formula is C22H20FN3O3S. The smallest absolute Gasteiger partial charge is 0.257 e. The lowest BCUT2D eigenvalue weighted by molar-refractivity contribution is -0.122. The van der Waals surface area contributed by atoms with E-state index in [1.165, 1.54) is 35.6 Å². The molecule has 1 aliphatic carbocycles. The number of halogens is 1. The Morgan fingerprint density at radius 1 is 1.17 bits per heavy atom. The minimum absolute atomic E-state index is 0.0775. The zero-order valence-electron chi connectivity index (χ0n) is 16.3. The van der Waals surface area contributed by atoms with Gasteiger partial charge in [-0.25, -0.2) is 9.37 Å². The van der Waals surface area contributed by atoms with Crippen LogP contribution >= 0.6 is 11.3 Å². The number of thiazole rings is 1. The maximum absolute atomic E-state index is 13.0. The highest BCUT2D eigenvalue weighted by Crippen LogP contribution is 2.38. The van der Waals surface area contributed by atoms with E-state index < -0.39 is 5.82 Å². The monoisotopic (exact) mass is 425 g/mol. The van der Waals surface area contributed by atoms with Gasteiger partial charge < -0.3 is 10.1 Å². The van der Waals surface area contributed by atoms with Crippen molar-refractivity contribution < 1.29 is 18.7 Å². The number of fused-ring (bicyclic) bond motifs is 1. The van der Waals surface area contributed by atoms with Crippen LogP contribution < -0.4 is 15.4 Å². The molecular weight excluding hydrogens is 405 g/mol. The van der Waals surface area contributed by atoms with Crippen molar-refractivity contribution in [1.82, 2.24) is 10.3 Å². The van der Waals surface area contributed by atoms with E-state index in [0.717, 1.165) is 28.3 Å². The first-order chi connectivity index (χ1) is 14.5. The Morgan fingerprint density at radius 2 is 1.90 bits per heavy atom. The van der Waals surface area contributed by atoms with Gasteiger partial charge in [-0.3, -0.25) is 14.9 Å². The average Bonchev–Trinajstić information content (AvgIpc) is 3.33. The summed E-state index contributed by atoms with van der Waals surface area (Å²) in [7, 11) is 1.61. The molecule has 0 aliphatic heterocycles. The van der Waals surface area contributed by atoms with Gasteiger partial charge in [-0.2, -0.15) is 0 Å². The summed E-state index contributed by atoms with van der Waals surface area (Å²) in [5.41, 5.74) is 2.05. The van der Waals surface area contributed by atoms with E-state index in [-0.39, 0.29) is 17.7 Å². The van der Waals surface area contributed by atoms with Gasteiger partial charge in [0.2, 0.25) is 5.91 Å². The van der Waals surface area contributed by atoms with Crippen LogP contribution in [0.2, 0.25) is 0 Å². The Morgan fingerprint density at radius 3 is 2.60 bits per heavy atom. The zero-order chi connectivity index (χ0) is 21.1. The minimum Gasteiger partial charge on any atom is -0.497 e. The summed E-state index contributed by atoms with van der Waals surface area (Å²) in [5, 5.41) is 6.15. The molecule has 0 bridgehead atoms. The number of aromatic nitrogens is 1. The lowest BCUT2D eigenvalue weighted by Crippen LogP contribution is -2.28. The minimum atomic E-state index is -0.400. The maximum atomic E-state index is 13.0. The summed E-state index contributed by atoms with van der Waals surface area (Å²) in [6.07, 6.45) is 1.45. The second-order valence-corrected chi connectivity index (χ2v) is 8.03. The van der Waals surface area contributed by atoms with Crippen LogP contribution in [0.5, 0.6) is 5.75 Å². The van der Waals surface area contributed by atoms with E-state index in [1.54, 1.807) is 7.11 Å². The Bertz CT molecular complexity index is 1060. The topological polar surface area (TPSA) is 80.3 Å². The molecule has 0 spiro atoms. The third-order valence-corrected chi connectivity index (χ3v) is 6.03. The predicted molar refractivity (Wildman–Crippen MR) is 112 cm³/mol. The number of nitrogens with one attached hydrogen (secondary N) is 2. The van der Waals surface area contributed by atoms with Crippen molar-refractivity contribution in [2.24, 2.45) is 0 Å². The molecule has 0 fully saturated rings. The molecule has 8 heteroatoms. The molecule has 4 rings (SSSR count). The third-order valence-electron chi connectivity index (χ3n) is 4.99. The van der Waals surface area contributed by atoms with Crippen LogP contribution in [-0.4, -0.2) is 23.9 Å². The van der Waals surface area contributed by atoms with Crippen LogP contribution in [0.3, 0.4) is 0 Å². The molecule has 2 N–H and O–H groups in total. The molecule has 154 valence electrons. The molecule has 2 aromatic carbocycles. The molecule has 0 saturated heterocycles. The van der Waals surface area contributed by atoms with Crippen LogP contribution in [0, 0.1) is 5.82 Å². The van der Waals surface area contributed by atoms with Gasteiger partial charge in [0.1, 0.15) is 11.6 Å². The number of aryl methyl sites for hydroxylation is 1. The second-order valence-electron chi connectivity index (χ2n) is 6.95. The Hall–Kier alpha value is -3.26. The molecule has 1 aliphatic rings. The number of anilines is 1. The van der Waals surface area contributed by atoms with Crippen LogP contribution in [0.25, 0.3) is 0 Å². The molecule has 6 nitrogen and oxygen atoms in total. The van der Waals surface area contributed by atoms with E-state index >= 15 is 0 Å². The first-order valence-electron chi connectivity index (χ1n) is 9.50. The number of carbonyl (C=O) groups is 2. The fourth-order valence-electron chi connectivity index (χ4n) is 3.36. The number of amides is 2. The average molecular weight is 425 g/mol. The summed E-state index contributed by atoms with van der Waals surface area (Å²) in [6, 6.07) is 12.8. The highest BCUT2D eigenvalue weighted by atomic mass is 32.1. The summed E-state index contributed by atoms with van der Waals surface area (Å²) >= 11 is 1.38. The van der Waals surface area contributed by atoms with Crippen molar-refractivity contribution >= 4 is 28.3 Å². The number of nitrogens with zero attached hydrogens (tertiary/aromatic N) is 1. The number of rotatable bonds is 6. The molecule has 1 aromatic heterocycles. The van der Waals surface area contributed by atoms with E-state index in [0.29, 0.717) is 23.7 Å². The number of carbonyl (C=O) groups excluding carboxylic acids is 2. The largest absolute Gasteiger partial charge is 0.497 e. The molecule has 30 heavy (non-hydrogen) atoms. The highest BCUT2D eigenvalue weighted by Gasteiger charge is 2.32. The lowest BCUT2D eigenvalue weighted by atomic mass is 10.1. The van der Waals surface area contributed by atoms with Crippen LogP contribution in [0.1, 0.15) is 38.8 Å². The molecule has 0 radical (unpaired) electrons. The van der Waals surface area contributed by atoms with Crippen LogP contribution in [-0.2, 0) is 17.8 Å². The van der Waals surface area contributed by atoms with Gasteiger partial charge in [0.15, 0.2) is 5.13 Å². The van der Waals surface area contributed by atoms with Gasteiger partial charge in [-0.1, -0.05) is 12.1 Å². The van der Waals surface area contributed by atoms with Crippen LogP contribution in [0.15, 0.2) is 48.5 Å². The number of hydrogen-bond acceptors (Lipinski definition) is 5. The SMILES string of the molecule is COc1ccc(CNC(=O)C2CCc3sc(NC(=O)c4ccc(F)cc4)nc32)cc1. The fraction of sp³-hybridized carbons (Fsp3) is 0.227. The molecule has 3 aromatic rings. The number of methoxy groups -OCH3 is 1. The standard InChI is InChI=1S/C22H20FN3O3S/c1-29-16-8-2-13(3-9-16)12-24-21(28)17-10-11-18-19(17)25-22(30-18)26-20(27)14-4-6-15(23)7-5-14/h2-9,17H,10-12H2,1H3,(H,24,28)(H,25,26,27). The first-order valence-corrected chi connectivity index (χ1v) is 10.3. The molecule has 1 unspecified atom stereocenters. The summed E-state index contributed by atoms with van der Waals surface area (Å²) in [4.78, 5) is 30.5. The van der Waals surface area contributed by atoms with E-state index in [9.17, 15) is 14.0 Å². The van der Waals surface area contributed by atoms with Crippen molar-refractivity contribution in [1.29, 1.82) is 0 Å². The fourth-order valence-corrected chi connectivity index (χ4v) is 4.40. The first kappa shape index (κ1) is 20.0.